The quantitative estimate of drug-likeness (QED) is 0.889. The zero-order valence-corrected chi connectivity index (χ0v) is 11.1. The standard InChI is InChI=1S/C13H18N2OS/c1-3-12-9-14-13(17-12)15-10-6-5-7-11(8-10)16-4-2/h5-8,12H,3-4,9H2,1-2H3,(H,14,15). The molecule has 92 valence electrons. The highest BCUT2D eigenvalue weighted by molar-refractivity contribution is 8.15. The summed E-state index contributed by atoms with van der Waals surface area (Å²) in [7, 11) is 0. The molecule has 0 spiro atoms. The number of anilines is 1. The largest absolute Gasteiger partial charge is 0.494 e. The highest BCUT2D eigenvalue weighted by atomic mass is 32.2. The van der Waals surface area contributed by atoms with Gasteiger partial charge in [-0.25, -0.2) is 0 Å². The van der Waals surface area contributed by atoms with E-state index in [0.29, 0.717) is 11.9 Å². The Morgan fingerprint density at radius 3 is 3.06 bits per heavy atom. The lowest BCUT2D eigenvalue weighted by Crippen LogP contribution is -2.07. The molecule has 1 N–H and O–H groups in total. The molecule has 1 aliphatic rings. The van der Waals surface area contributed by atoms with Gasteiger partial charge in [0.15, 0.2) is 5.17 Å². The number of hydrogen-bond acceptors (Lipinski definition) is 4. The third-order valence-electron chi connectivity index (χ3n) is 2.57. The van der Waals surface area contributed by atoms with Gasteiger partial charge in [-0.2, -0.15) is 0 Å². The number of benzene rings is 1. The van der Waals surface area contributed by atoms with Crippen LogP contribution in [0.4, 0.5) is 5.69 Å². The van der Waals surface area contributed by atoms with Crippen molar-refractivity contribution in [2.24, 2.45) is 4.99 Å². The second-order valence-corrected chi connectivity index (χ2v) is 5.17. The van der Waals surface area contributed by atoms with Crippen LogP contribution in [0.15, 0.2) is 29.3 Å². The summed E-state index contributed by atoms with van der Waals surface area (Å²) >= 11 is 1.82. The van der Waals surface area contributed by atoms with Gasteiger partial charge in [0.1, 0.15) is 5.75 Å². The van der Waals surface area contributed by atoms with Crippen LogP contribution in [0.3, 0.4) is 0 Å². The first-order valence-corrected chi connectivity index (χ1v) is 6.90. The fraction of sp³-hybridized carbons (Fsp3) is 0.462. The summed E-state index contributed by atoms with van der Waals surface area (Å²) in [5.74, 6) is 0.896. The number of nitrogens with zero attached hydrogens (tertiary/aromatic N) is 1. The molecule has 1 atom stereocenters. The Morgan fingerprint density at radius 1 is 1.47 bits per heavy atom. The van der Waals surface area contributed by atoms with Crippen molar-refractivity contribution in [3.8, 4) is 5.75 Å². The van der Waals surface area contributed by atoms with E-state index >= 15 is 0 Å². The van der Waals surface area contributed by atoms with Crippen LogP contribution in [0, 0.1) is 0 Å². The molecule has 3 nitrogen and oxygen atoms in total. The maximum Gasteiger partial charge on any atom is 0.161 e. The van der Waals surface area contributed by atoms with Crippen molar-refractivity contribution in [3.63, 3.8) is 0 Å². The van der Waals surface area contributed by atoms with E-state index in [9.17, 15) is 0 Å². The molecule has 0 bridgehead atoms. The van der Waals surface area contributed by atoms with E-state index in [4.69, 9.17) is 4.74 Å². The predicted octanol–water partition coefficient (Wildman–Crippen LogP) is 3.38. The molecule has 1 aromatic carbocycles. The Hall–Kier alpha value is -1.16. The molecular formula is C13H18N2OS. The van der Waals surface area contributed by atoms with Gasteiger partial charge in [0.2, 0.25) is 0 Å². The predicted molar refractivity (Wildman–Crippen MR) is 75.2 cm³/mol. The lowest BCUT2D eigenvalue weighted by molar-refractivity contribution is 0.340. The minimum absolute atomic E-state index is 0.632. The van der Waals surface area contributed by atoms with Gasteiger partial charge in [-0.3, -0.25) is 4.99 Å². The SMILES string of the molecule is CCOc1cccc(NC2=NCC(CC)S2)c1. The number of rotatable bonds is 4. The van der Waals surface area contributed by atoms with E-state index < -0.39 is 0 Å². The monoisotopic (exact) mass is 250 g/mol. The van der Waals surface area contributed by atoms with Crippen molar-refractivity contribution < 1.29 is 4.74 Å². The molecule has 2 rings (SSSR count). The van der Waals surface area contributed by atoms with E-state index in [1.807, 2.05) is 43.0 Å². The van der Waals surface area contributed by atoms with Crippen molar-refractivity contribution in [3.05, 3.63) is 24.3 Å². The molecule has 1 unspecified atom stereocenters. The summed E-state index contributed by atoms with van der Waals surface area (Å²) in [6, 6.07) is 7.99. The van der Waals surface area contributed by atoms with Gasteiger partial charge in [-0.15, -0.1) is 0 Å². The highest BCUT2D eigenvalue weighted by Crippen LogP contribution is 2.25. The third kappa shape index (κ3) is 3.40. The Bertz CT molecular complexity index is 406. The number of hydrogen-bond donors (Lipinski definition) is 1. The van der Waals surface area contributed by atoms with Crippen molar-refractivity contribution >= 4 is 22.6 Å². The molecule has 1 aromatic rings. The summed E-state index contributed by atoms with van der Waals surface area (Å²) in [5, 5.41) is 4.99. The van der Waals surface area contributed by atoms with Gasteiger partial charge in [0.25, 0.3) is 0 Å². The van der Waals surface area contributed by atoms with Crippen LogP contribution in [-0.4, -0.2) is 23.6 Å². The summed E-state index contributed by atoms with van der Waals surface area (Å²) in [6.45, 7) is 5.81. The molecule has 0 amide bonds. The summed E-state index contributed by atoms with van der Waals surface area (Å²) in [4.78, 5) is 4.49. The average Bonchev–Trinajstić information content (AvgIpc) is 2.78. The summed E-state index contributed by atoms with van der Waals surface area (Å²) in [6.07, 6.45) is 1.17. The molecule has 1 aliphatic heterocycles. The zero-order valence-electron chi connectivity index (χ0n) is 10.3. The first-order chi connectivity index (χ1) is 8.31. The van der Waals surface area contributed by atoms with Crippen LogP contribution in [0.1, 0.15) is 20.3 Å². The second-order valence-electron chi connectivity index (χ2n) is 3.88. The van der Waals surface area contributed by atoms with Gasteiger partial charge >= 0.3 is 0 Å². The maximum absolute atomic E-state index is 5.47. The fourth-order valence-corrected chi connectivity index (χ4v) is 2.61. The molecule has 0 saturated carbocycles. The highest BCUT2D eigenvalue weighted by Gasteiger charge is 2.17. The van der Waals surface area contributed by atoms with E-state index in [-0.39, 0.29) is 0 Å². The van der Waals surface area contributed by atoms with Crippen LogP contribution in [0.2, 0.25) is 0 Å². The Labute approximate surface area is 107 Å². The van der Waals surface area contributed by atoms with E-state index in [2.05, 4.69) is 17.2 Å². The van der Waals surface area contributed by atoms with Crippen LogP contribution in [0.25, 0.3) is 0 Å². The number of aliphatic imine (C=N–C) groups is 1. The van der Waals surface area contributed by atoms with Crippen molar-refractivity contribution in [1.29, 1.82) is 0 Å². The van der Waals surface area contributed by atoms with E-state index in [1.54, 1.807) is 0 Å². The second kappa shape index (κ2) is 5.96. The molecular weight excluding hydrogens is 232 g/mol. The minimum Gasteiger partial charge on any atom is -0.494 e. The van der Waals surface area contributed by atoms with Crippen molar-refractivity contribution in [1.82, 2.24) is 0 Å². The third-order valence-corrected chi connectivity index (χ3v) is 3.84. The lowest BCUT2D eigenvalue weighted by Gasteiger charge is -2.09. The van der Waals surface area contributed by atoms with Crippen molar-refractivity contribution in [2.45, 2.75) is 25.5 Å². The number of ether oxygens (including phenoxy) is 1. The topological polar surface area (TPSA) is 33.6 Å². The number of thioether (sulfide) groups is 1. The molecule has 0 saturated heterocycles. The van der Waals surface area contributed by atoms with Gasteiger partial charge in [-0.05, 0) is 25.5 Å². The first-order valence-electron chi connectivity index (χ1n) is 6.02. The zero-order chi connectivity index (χ0) is 12.1. The fourth-order valence-electron chi connectivity index (χ4n) is 1.65. The molecule has 0 radical (unpaired) electrons. The van der Waals surface area contributed by atoms with Gasteiger partial charge in [0, 0.05) is 17.0 Å². The van der Waals surface area contributed by atoms with Crippen LogP contribution in [0.5, 0.6) is 5.75 Å². The molecule has 4 heteroatoms. The minimum atomic E-state index is 0.632. The maximum atomic E-state index is 5.47. The molecule has 0 aliphatic carbocycles. The molecule has 0 fully saturated rings. The van der Waals surface area contributed by atoms with Gasteiger partial charge in [0.05, 0.1) is 13.2 Å². The van der Waals surface area contributed by atoms with Crippen LogP contribution in [-0.2, 0) is 0 Å². The van der Waals surface area contributed by atoms with Crippen LogP contribution < -0.4 is 10.1 Å². The van der Waals surface area contributed by atoms with E-state index in [1.165, 1.54) is 6.42 Å². The smallest absolute Gasteiger partial charge is 0.161 e. The lowest BCUT2D eigenvalue weighted by atomic mass is 10.3. The average molecular weight is 250 g/mol. The summed E-state index contributed by atoms with van der Waals surface area (Å²) < 4.78 is 5.47. The molecule has 1 heterocycles. The Kier molecular flexibility index (Phi) is 4.31. The number of nitrogens with one attached hydrogen (secondary N) is 1. The van der Waals surface area contributed by atoms with E-state index in [0.717, 1.165) is 23.1 Å². The van der Waals surface area contributed by atoms with Gasteiger partial charge < -0.3 is 10.1 Å². The van der Waals surface area contributed by atoms with Gasteiger partial charge in [-0.1, -0.05) is 24.8 Å². The normalized spacial score (nSPS) is 18.9. The number of amidine groups is 1. The summed E-state index contributed by atoms with van der Waals surface area (Å²) in [5.41, 5.74) is 1.04. The molecule has 17 heavy (non-hydrogen) atoms. The van der Waals surface area contributed by atoms with Crippen molar-refractivity contribution in [2.75, 3.05) is 18.5 Å². The Morgan fingerprint density at radius 2 is 2.35 bits per heavy atom. The first kappa shape index (κ1) is 12.3. The Balaban J connectivity index is 1.97. The molecule has 0 aromatic heterocycles. The van der Waals surface area contributed by atoms with Crippen LogP contribution >= 0.6 is 11.8 Å².